The van der Waals surface area contributed by atoms with E-state index in [2.05, 4.69) is 15.2 Å². The van der Waals surface area contributed by atoms with Gasteiger partial charge in [0.15, 0.2) is 5.96 Å². The van der Waals surface area contributed by atoms with Gasteiger partial charge in [0.2, 0.25) is 0 Å². The number of morpholine rings is 1. The van der Waals surface area contributed by atoms with Crippen molar-refractivity contribution in [2.45, 2.75) is 12.8 Å². The van der Waals surface area contributed by atoms with Gasteiger partial charge in [-0.1, -0.05) is 18.2 Å². The molecule has 0 unspecified atom stereocenters. The van der Waals surface area contributed by atoms with Crippen LogP contribution in [-0.2, 0) is 4.74 Å². The van der Waals surface area contributed by atoms with Crippen molar-refractivity contribution in [3.8, 4) is 5.75 Å². The minimum atomic E-state index is 0.520. The highest BCUT2D eigenvalue weighted by atomic mass is 16.5. The van der Waals surface area contributed by atoms with E-state index >= 15 is 0 Å². The van der Waals surface area contributed by atoms with Crippen LogP contribution in [0.5, 0.6) is 5.75 Å². The van der Waals surface area contributed by atoms with Crippen LogP contribution in [0.1, 0.15) is 12.8 Å². The molecule has 128 valence electrons. The number of rotatable bonds is 9. The van der Waals surface area contributed by atoms with Crippen molar-refractivity contribution >= 4 is 5.96 Å². The molecule has 1 aromatic rings. The fourth-order valence-electron chi connectivity index (χ4n) is 2.37. The zero-order chi connectivity index (χ0) is 16.2. The molecule has 1 heterocycles. The number of guanidine groups is 1. The molecule has 0 aliphatic carbocycles. The first kappa shape index (κ1) is 17.6. The average molecular weight is 320 g/mol. The van der Waals surface area contributed by atoms with Crippen LogP contribution >= 0.6 is 0 Å². The van der Waals surface area contributed by atoms with E-state index in [1.165, 1.54) is 0 Å². The maximum atomic E-state index is 5.85. The van der Waals surface area contributed by atoms with Gasteiger partial charge in [0.25, 0.3) is 0 Å². The van der Waals surface area contributed by atoms with Crippen LogP contribution in [0.3, 0.4) is 0 Å². The SMILES string of the molecule is NC(=NCCCOc1ccccc1)NCCCN1CCOCC1. The highest BCUT2D eigenvalue weighted by molar-refractivity contribution is 5.77. The van der Waals surface area contributed by atoms with Crippen molar-refractivity contribution in [2.24, 2.45) is 10.7 Å². The number of nitrogens with zero attached hydrogens (tertiary/aromatic N) is 2. The topological polar surface area (TPSA) is 72.1 Å². The molecular formula is C17H28N4O2. The fourth-order valence-corrected chi connectivity index (χ4v) is 2.37. The predicted octanol–water partition coefficient (Wildman–Crippen LogP) is 1.08. The predicted molar refractivity (Wildman–Crippen MR) is 92.9 cm³/mol. The van der Waals surface area contributed by atoms with Crippen molar-refractivity contribution in [1.29, 1.82) is 0 Å². The molecule has 0 spiro atoms. The number of aliphatic imine (C=N–C) groups is 1. The van der Waals surface area contributed by atoms with Crippen LogP contribution in [0, 0.1) is 0 Å². The van der Waals surface area contributed by atoms with E-state index in [0.29, 0.717) is 19.1 Å². The van der Waals surface area contributed by atoms with E-state index in [-0.39, 0.29) is 0 Å². The lowest BCUT2D eigenvalue weighted by Crippen LogP contribution is -2.39. The van der Waals surface area contributed by atoms with Crippen LogP contribution in [0.25, 0.3) is 0 Å². The smallest absolute Gasteiger partial charge is 0.188 e. The van der Waals surface area contributed by atoms with E-state index in [0.717, 1.165) is 58.0 Å². The molecule has 1 saturated heterocycles. The maximum absolute atomic E-state index is 5.85. The molecule has 0 radical (unpaired) electrons. The minimum Gasteiger partial charge on any atom is -0.494 e. The lowest BCUT2D eigenvalue weighted by atomic mass is 10.3. The largest absolute Gasteiger partial charge is 0.494 e. The number of hydrogen-bond donors (Lipinski definition) is 2. The summed E-state index contributed by atoms with van der Waals surface area (Å²) in [4.78, 5) is 6.73. The highest BCUT2D eigenvalue weighted by Gasteiger charge is 2.08. The number of nitrogens with two attached hydrogens (primary N) is 1. The average Bonchev–Trinajstić information content (AvgIpc) is 2.60. The fraction of sp³-hybridized carbons (Fsp3) is 0.588. The van der Waals surface area contributed by atoms with Crippen LogP contribution < -0.4 is 15.8 Å². The molecule has 1 aliphatic rings. The normalized spacial score (nSPS) is 16.3. The van der Waals surface area contributed by atoms with Crippen molar-refractivity contribution in [3.05, 3.63) is 30.3 Å². The number of hydrogen-bond acceptors (Lipinski definition) is 4. The summed E-state index contributed by atoms with van der Waals surface area (Å²) in [6.07, 6.45) is 1.92. The molecule has 3 N–H and O–H groups in total. The van der Waals surface area contributed by atoms with E-state index in [1.54, 1.807) is 0 Å². The Morgan fingerprint density at radius 3 is 2.78 bits per heavy atom. The van der Waals surface area contributed by atoms with Gasteiger partial charge in [-0.3, -0.25) is 9.89 Å². The first-order chi connectivity index (χ1) is 11.3. The van der Waals surface area contributed by atoms with E-state index in [4.69, 9.17) is 15.2 Å². The number of ether oxygens (including phenoxy) is 2. The molecule has 0 aromatic heterocycles. The summed E-state index contributed by atoms with van der Waals surface area (Å²) in [6, 6.07) is 9.81. The highest BCUT2D eigenvalue weighted by Crippen LogP contribution is 2.08. The summed E-state index contributed by atoms with van der Waals surface area (Å²) >= 11 is 0. The Labute approximate surface area is 138 Å². The standard InChI is InChI=1S/C17H28N4O2/c18-17(19-8-4-10-21-11-14-22-15-12-21)20-9-5-13-23-16-6-2-1-3-7-16/h1-3,6-7H,4-5,8-15H2,(H3,18,19,20). The maximum Gasteiger partial charge on any atom is 0.188 e. The second-order valence-corrected chi connectivity index (χ2v) is 5.52. The Balaban J connectivity index is 1.46. The Morgan fingerprint density at radius 2 is 2.00 bits per heavy atom. The van der Waals surface area contributed by atoms with Gasteiger partial charge >= 0.3 is 0 Å². The number of benzene rings is 1. The monoisotopic (exact) mass is 320 g/mol. The second-order valence-electron chi connectivity index (χ2n) is 5.52. The molecule has 0 amide bonds. The van der Waals surface area contributed by atoms with Gasteiger partial charge in [-0.2, -0.15) is 0 Å². The molecule has 1 aliphatic heterocycles. The first-order valence-corrected chi connectivity index (χ1v) is 8.36. The van der Waals surface area contributed by atoms with Gasteiger partial charge in [-0.15, -0.1) is 0 Å². The summed E-state index contributed by atoms with van der Waals surface area (Å²) in [7, 11) is 0. The van der Waals surface area contributed by atoms with E-state index < -0.39 is 0 Å². The third-order valence-electron chi connectivity index (χ3n) is 3.66. The molecule has 1 fully saturated rings. The third kappa shape index (κ3) is 7.85. The molecule has 6 nitrogen and oxygen atoms in total. The summed E-state index contributed by atoms with van der Waals surface area (Å²) in [5.74, 6) is 1.41. The van der Waals surface area contributed by atoms with E-state index in [1.807, 2.05) is 30.3 Å². The molecule has 1 aromatic carbocycles. The third-order valence-corrected chi connectivity index (χ3v) is 3.66. The van der Waals surface area contributed by atoms with Gasteiger partial charge in [-0.25, -0.2) is 0 Å². The molecule has 0 saturated carbocycles. The molecular weight excluding hydrogens is 292 g/mol. The lowest BCUT2D eigenvalue weighted by molar-refractivity contribution is 0.0376. The van der Waals surface area contributed by atoms with E-state index in [9.17, 15) is 0 Å². The summed E-state index contributed by atoms with van der Waals surface area (Å²) in [5.41, 5.74) is 5.85. The van der Waals surface area contributed by atoms with Crippen LogP contribution in [0.4, 0.5) is 0 Å². The van der Waals surface area contributed by atoms with Gasteiger partial charge in [0.05, 0.1) is 19.8 Å². The van der Waals surface area contributed by atoms with Crippen molar-refractivity contribution in [3.63, 3.8) is 0 Å². The summed E-state index contributed by atoms with van der Waals surface area (Å²) in [5, 5.41) is 3.16. The molecule has 23 heavy (non-hydrogen) atoms. The van der Waals surface area contributed by atoms with Crippen LogP contribution in [0.2, 0.25) is 0 Å². The van der Waals surface area contributed by atoms with Crippen LogP contribution in [-0.4, -0.2) is 63.4 Å². The Kier molecular flexibility index (Phi) is 8.29. The Bertz CT molecular complexity index is 447. The van der Waals surface area contributed by atoms with Gasteiger partial charge in [0, 0.05) is 32.6 Å². The van der Waals surface area contributed by atoms with Gasteiger partial charge in [0.1, 0.15) is 5.75 Å². The molecule has 0 atom stereocenters. The number of para-hydroxylation sites is 1. The summed E-state index contributed by atoms with van der Waals surface area (Å²) in [6.45, 7) is 7.02. The second kappa shape index (κ2) is 10.9. The Hall–Kier alpha value is -1.79. The molecule has 2 rings (SSSR count). The van der Waals surface area contributed by atoms with Crippen molar-refractivity contribution in [2.75, 3.05) is 52.5 Å². The lowest BCUT2D eigenvalue weighted by Gasteiger charge is -2.26. The van der Waals surface area contributed by atoms with Crippen molar-refractivity contribution in [1.82, 2.24) is 10.2 Å². The quantitative estimate of drug-likeness (QED) is 0.405. The minimum absolute atomic E-state index is 0.520. The van der Waals surface area contributed by atoms with Crippen LogP contribution in [0.15, 0.2) is 35.3 Å². The molecule has 0 bridgehead atoms. The molecule has 6 heteroatoms. The van der Waals surface area contributed by atoms with Gasteiger partial charge < -0.3 is 20.5 Å². The zero-order valence-corrected chi connectivity index (χ0v) is 13.7. The summed E-state index contributed by atoms with van der Waals surface area (Å²) < 4.78 is 10.9. The van der Waals surface area contributed by atoms with Crippen molar-refractivity contribution < 1.29 is 9.47 Å². The number of nitrogens with one attached hydrogen (secondary N) is 1. The zero-order valence-electron chi connectivity index (χ0n) is 13.7. The Morgan fingerprint density at radius 1 is 1.22 bits per heavy atom. The van der Waals surface area contributed by atoms with Gasteiger partial charge in [-0.05, 0) is 25.1 Å². The first-order valence-electron chi connectivity index (χ1n) is 8.36.